The number of hydrogen-bond acceptors (Lipinski definition) is 4. The van der Waals surface area contributed by atoms with Crippen molar-refractivity contribution in [1.29, 1.82) is 0 Å². The van der Waals surface area contributed by atoms with Crippen molar-refractivity contribution in [3.8, 4) is 5.69 Å². The van der Waals surface area contributed by atoms with E-state index in [1.54, 1.807) is 4.68 Å². The maximum absolute atomic E-state index is 12.7. The van der Waals surface area contributed by atoms with Crippen LogP contribution in [0.3, 0.4) is 0 Å². The van der Waals surface area contributed by atoms with E-state index >= 15 is 0 Å². The first-order valence-corrected chi connectivity index (χ1v) is 8.14. The van der Waals surface area contributed by atoms with Crippen molar-refractivity contribution >= 4 is 16.9 Å². The monoisotopic (exact) mass is 340 g/mol. The smallest absolute Gasteiger partial charge is 0.303 e. The van der Waals surface area contributed by atoms with Crippen LogP contribution in [0.25, 0.3) is 16.6 Å². The highest BCUT2D eigenvalue weighted by molar-refractivity contribution is 5.83. The van der Waals surface area contributed by atoms with Gasteiger partial charge in [0.05, 0.1) is 22.5 Å². The highest BCUT2D eigenvalue weighted by Gasteiger charge is 2.17. The molecule has 7 heteroatoms. The first-order chi connectivity index (χ1) is 11.9. The second-order valence-electron chi connectivity index (χ2n) is 6.17. The topological polar surface area (TPSA) is 90.0 Å². The van der Waals surface area contributed by atoms with Gasteiger partial charge < -0.3 is 5.11 Å². The van der Waals surface area contributed by atoms with E-state index in [9.17, 15) is 9.59 Å². The molecule has 0 aliphatic carbocycles. The van der Waals surface area contributed by atoms with E-state index in [0.29, 0.717) is 17.6 Å². The number of hydrogen-bond donors (Lipinski definition) is 1. The van der Waals surface area contributed by atoms with Crippen LogP contribution in [-0.2, 0) is 11.3 Å². The number of nitrogens with zero attached hydrogens (tertiary/aromatic N) is 4. The number of aromatic nitrogens is 4. The minimum Gasteiger partial charge on any atom is -0.481 e. The molecule has 0 aliphatic heterocycles. The lowest BCUT2D eigenvalue weighted by molar-refractivity contribution is -0.137. The number of carbonyl (C=O) groups is 1. The molecule has 0 aliphatic rings. The highest BCUT2D eigenvalue weighted by Crippen LogP contribution is 2.21. The predicted molar refractivity (Wildman–Crippen MR) is 94.2 cm³/mol. The molecule has 0 bridgehead atoms. The van der Waals surface area contributed by atoms with Crippen molar-refractivity contribution in [3.63, 3.8) is 0 Å². The Bertz CT molecular complexity index is 1000. The zero-order valence-electron chi connectivity index (χ0n) is 14.5. The molecule has 3 rings (SSSR count). The normalized spacial score (nSPS) is 11.2. The molecule has 0 amide bonds. The molecule has 0 unspecified atom stereocenters. The molecule has 2 aromatic heterocycles. The maximum atomic E-state index is 12.7. The molecule has 0 saturated carbocycles. The molecule has 2 heterocycles. The molecule has 0 radical (unpaired) electrons. The van der Waals surface area contributed by atoms with Crippen LogP contribution < -0.4 is 5.56 Å². The Kier molecular flexibility index (Phi) is 4.39. The summed E-state index contributed by atoms with van der Waals surface area (Å²) < 4.78 is 3.06. The minimum absolute atomic E-state index is 0.00202. The van der Waals surface area contributed by atoms with E-state index in [-0.39, 0.29) is 18.5 Å². The number of aryl methyl sites for hydroxylation is 4. The summed E-state index contributed by atoms with van der Waals surface area (Å²) in [6.45, 7) is 6.03. The number of carboxylic acid groups (broad SMARTS) is 1. The van der Waals surface area contributed by atoms with Gasteiger partial charge in [0.2, 0.25) is 0 Å². The molecule has 1 N–H and O–H groups in total. The van der Waals surface area contributed by atoms with Gasteiger partial charge in [0.25, 0.3) is 5.56 Å². The molecule has 0 fully saturated rings. The Morgan fingerprint density at radius 3 is 2.44 bits per heavy atom. The summed E-state index contributed by atoms with van der Waals surface area (Å²) in [7, 11) is 0. The van der Waals surface area contributed by atoms with Crippen molar-refractivity contribution in [1.82, 2.24) is 19.6 Å². The molecular formula is C18H20N4O3. The summed E-state index contributed by atoms with van der Waals surface area (Å²) in [6, 6.07) is 7.91. The third-order valence-electron chi connectivity index (χ3n) is 4.22. The lowest BCUT2D eigenvalue weighted by atomic mass is 10.2. The predicted octanol–water partition coefficient (Wildman–Crippen LogP) is 2.37. The summed E-state index contributed by atoms with van der Waals surface area (Å²) in [4.78, 5) is 23.3. The molecule has 0 atom stereocenters. The summed E-state index contributed by atoms with van der Waals surface area (Å²) in [5.41, 5.74) is 3.67. The Morgan fingerprint density at radius 1 is 1.12 bits per heavy atom. The van der Waals surface area contributed by atoms with Crippen LogP contribution in [0.4, 0.5) is 0 Å². The van der Waals surface area contributed by atoms with Crippen molar-refractivity contribution in [2.45, 2.75) is 40.2 Å². The lowest BCUT2D eigenvalue weighted by Crippen LogP contribution is -2.24. The van der Waals surface area contributed by atoms with E-state index < -0.39 is 5.97 Å². The Morgan fingerprint density at radius 2 is 1.80 bits per heavy atom. The molecule has 0 spiro atoms. The first-order valence-electron chi connectivity index (χ1n) is 8.14. The van der Waals surface area contributed by atoms with Crippen LogP contribution in [0, 0.1) is 20.8 Å². The molecular weight excluding hydrogens is 320 g/mol. The SMILES string of the molecule is Cc1ccc(-n2nc3c(=O)n(CCCC(=O)O)nc(C)c3c2C)cc1. The average Bonchev–Trinajstić information content (AvgIpc) is 2.91. The van der Waals surface area contributed by atoms with Crippen molar-refractivity contribution in [2.24, 2.45) is 0 Å². The summed E-state index contributed by atoms with van der Waals surface area (Å²) in [6.07, 6.45) is 0.354. The fraction of sp³-hybridized carbons (Fsp3) is 0.333. The van der Waals surface area contributed by atoms with Gasteiger partial charge in [-0.1, -0.05) is 17.7 Å². The number of aliphatic carboxylic acids is 1. The van der Waals surface area contributed by atoms with Gasteiger partial charge in [0, 0.05) is 13.0 Å². The molecule has 1 aromatic carbocycles. The fourth-order valence-corrected chi connectivity index (χ4v) is 2.95. The van der Waals surface area contributed by atoms with Gasteiger partial charge >= 0.3 is 5.97 Å². The van der Waals surface area contributed by atoms with Crippen molar-refractivity contribution in [3.05, 3.63) is 51.6 Å². The number of benzene rings is 1. The molecule has 3 aromatic rings. The third-order valence-corrected chi connectivity index (χ3v) is 4.22. The van der Waals surface area contributed by atoms with Crippen LogP contribution in [0.5, 0.6) is 0 Å². The summed E-state index contributed by atoms with van der Waals surface area (Å²) in [5.74, 6) is -0.884. The van der Waals surface area contributed by atoms with E-state index in [0.717, 1.165) is 22.3 Å². The van der Waals surface area contributed by atoms with E-state index in [1.807, 2.05) is 45.0 Å². The highest BCUT2D eigenvalue weighted by atomic mass is 16.4. The van der Waals surface area contributed by atoms with Gasteiger partial charge in [-0.3, -0.25) is 9.59 Å². The van der Waals surface area contributed by atoms with Crippen LogP contribution in [0.1, 0.15) is 29.8 Å². The number of carboxylic acids is 1. The van der Waals surface area contributed by atoms with Gasteiger partial charge in [-0.2, -0.15) is 10.2 Å². The van der Waals surface area contributed by atoms with Crippen LogP contribution >= 0.6 is 0 Å². The van der Waals surface area contributed by atoms with Crippen LogP contribution in [0.2, 0.25) is 0 Å². The number of rotatable bonds is 5. The lowest BCUT2D eigenvalue weighted by Gasteiger charge is -2.06. The van der Waals surface area contributed by atoms with Gasteiger partial charge in [0.15, 0.2) is 5.52 Å². The minimum atomic E-state index is -0.884. The van der Waals surface area contributed by atoms with Crippen LogP contribution in [0.15, 0.2) is 29.1 Å². The Labute approximate surface area is 144 Å². The van der Waals surface area contributed by atoms with Gasteiger partial charge in [0.1, 0.15) is 0 Å². The molecule has 7 nitrogen and oxygen atoms in total. The van der Waals surface area contributed by atoms with Crippen molar-refractivity contribution < 1.29 is 9.90 Å². The third kappa shape index (κ3) is 3.17. The van der Waals surface area contributed by atoms with Crippen LogP contribution in [-0.4, -0.2) is 30.6 Å². The largest absolute Gasteiger partial charge is 0.481 e. The quantitative estimate of drug-likeness (QED) is 0.770. The fourth-order valence-electron chi connectivity index (χ4n) is 2.95. The van der Waals surface area contributed by atoms with E-state index in [1.165, 1.54) is 4.68 Å². The van der Waals surface area contributed by atoms with Gasteiger partial charge in [-0.05, 0) is 39.3 Å². The summed E-state index contributed by atoms with van der Waals surface area (Å²) in [5, 5.41) is 18.3. The van der Waals surface area contributed by atoms with E-state index in [2.05, 4.69) is 10.2 Å². The zero-order valence-corrected chi connectivity index (χ0v) is 14.5. The second kappa shape index (κ2) is 6.51. The van der Waals surface area contributed by atoms with E-state index in [4.69, 9.17) is 5.11 Å². The summed E-state index contributed by atoms with van der Waals surface area (Å²) >= 11 is 0. The second-order valence-corrected chi connectivity index (χ2v) is 6.17. The van der Waals surface area contributed by atoms with Gasteiger partial charge in [-0.15, -0.1) is 0 Å². The molecule has 25 heavy (non-hydrogen) atoms. The zero-order chi connectivity index (χ0) is 18.1. The first kappa shape index (κ1) is 16.9. The Balaban J connectivity index is 2.09. The standard InChI is InChI=1S/C18H20N4O3/c1-11-6-8-14(9-7-11)22-13(3)16-12(2)19-21(10-4-5-15(23)24)18(25)17(16)20-22/h6-9H,4-5,10H2,1-3H3,(H,23,24). The molecule has 0 saturated heterocycles. The average molecular weight is 340 g/mol. The number of fused-ring (bicyclic) bond motifs is 1. The molecule has 130 valence electrons. The van der Waals surface area contributed by atoms with Crippen molar-refractivity contribution in [2.75, 3.05) is 0 Å². The Hall–Kier alpha value is -2.96. The van der Waals surface area contributed by atoms with Gasteiger partial charge in [-0.25, -0.2) is 9.36 Å². The maximum Gasteiger partial charge on any atom is 0.303 e.